The summed E-state index contributed by atoms with van der Waals surface area (Å²) in [7, 11) is 1.84. The van der Waals surface area contributed by atoms with Crippen molar-refractivity contribution in [2.75, 3.05) is 26.3 Å². The average molecular weight is 279 g/mol. The Balaban J connectivity index is 1.80. The van der Waals surface area contributed by atoms with E-state index in [1.165, 1.54) is 0 Å². The fraction of sp³-hybridized carbons (Fsp3) is 0.571. The van der Waals surface area contributed by atoms with Crippen LogP contribution in [0, 0.1) is 0 Å². The minimum atomic E-state index is 0.0202. The van der Waals surface area contributed by atoms with Gasteiger partial charge in [0.1, 0.15) is 0 Å². The summed E-state index contributed by atoms with van der Waals surface area (Å²) < 4.78 is 7.20. The van der Waals surface area contributed by atoms with Crippen molar-refractivity contribution in [1.29, 1.82) is 0 Å². The molecule has 1 aliphatic heterocycles. The SMILES string of the molecule is Cn1nccc1/C=C/C(=O)N1CCC(OCCO)CC1. The van der Waals surface area contributed by atoms with Crippen LogP contribution in [0.4, 0.5) is 0 Å². The number of aromatic nitrogens is 2. The van der Waals surface area contributed by atoms with Gasteiger partial charge in [-0.1, -0.05) is 0 Å². The first-order chi connectivity index (χ1) is 9.70. The second kappa shape index (κ2) is 7.21. The van der Waals surface area contributed by atoms with Gasteiger partial charge in [-0.2, -0.15) is 5.10 Å². The molecule has 1 saturated heterocycles. The Hall–Kier alpha value is -1.66. The van der Waals surface area contributed by atoms with Gasteiger partial charge < -0.3 is 14.7 Å². The number of aliphatic hydroxyl groups excluding tert-OH is 1. The number of piperidine rings is 1. The van der Waals surface area contributed by atoms with Gasteiger partial charge in [0.05, 0.1) is 25.0 Å². The molecule has 6 nitrogen and oxygen atoms in total. The van der Waals surface area contributed by atoms with Crippen LogP contribution >= 0.6 is 0 Å². The fourth-order valence-electron chi connectivity index (χ4n) is 2.27. The van der Waals surface area contributed by atoms with Gasteiger partial charge in [0, 0.05) is 32.4 Å². The van der Waals surface area contributed by atoms with Crippen LogP contribution in [0.25, 0.3) is 6.08 Å². The van der Waals surface area contributed by atoms with E-state index in [0.29, 0.717) is 19.7 Å². The lowest BCUT2D eigenvalue weighted by Gasteiger charge is -2.31. The van der Waals surface area contributed by atoms with Crippen LogP contribution in [0.5, 0.6) is 0 Å². The molecule has 1 aromatic heterocycles. The summed E-state index contributed by atoms with van der Waals surface area (Å²) >= 11 is 0. The minimum absolute atomic E-state index is 0.0202. The van der Waals surface area contributed by atoms with Crippen molar-refractivity contribution < 1.29 is 14.6 Å². The quantitative estimate of drug-likeness (QED) is 0.794. The molecule has 0 atom stereocenters. The third kappa shape index (κ3) is 3.91. The summed E-state index contributed by atoms with van der Waals surface area (Å²) in [5, 5.41) is 12.8. The van der Waals surface area contributed by atoms with E-state index >= 15 is 0 Å². The molecule has 0 spiro atoms. The Bertz CT molecular complexity index is 462. The third-order valence-corrected chi connectivity index (χ3v) is 3.45. The van der Waals surface area contributed by atoms with Crippen LogP contribution in [0.3, 0.4) is 0 Å². The Morgan fingerprint density at radius 3 is 2.90 bits per heavy atom. The first kappa shape index (κ1) is 14.7. The van der Waals surface area contributed by atoms with Gasteiger partial charge in [-0.3, -0.25) is 9.48 Å². The number of nitrogens with zero attached hydrogens (tertiary/aromatic N) is 3. The van der Waals surface area contributed by atoms with Crippen LogP contribution < -0.4 is 0 Å². The van der Waals surface area contributed by atoms with Gasteiger partial charge in [0.2, 0.25) is 5.91 Å². The van der Waals surface area contributed by atoms with E-state index in [9.17, 15) is 4.79 Å². The maximum Gasteiger partial charge on any atom is 0.246 e. The zero-order chi connectivity index (χ0) is 14.4. The van der Waals surface area contributed by atoms with Gasteiger partial charge >= 0.3 is 0 Å². The predicted molar refractivity (Wildman–Crippen MR) is 74.9 cm³/mol. The topological polar surface area (TPSA) is 67.6 Å². The van der Waals surface area contributed by atoms with E-state index in [2.05, 4.69) is 5.10 Å². The van der Waals surface area contributed by atoms with E-state index in [0.717, 1.165) is 18.5 Å². The Kier molecular flexibility index (Phi) is 5.31. The van der Waals surface area contributed by atoms with Gasteiger partial charge in [0.15, 0.2) is 0 Å². The molecule has 0 unspecified atom stereocenters. The van der Waals surface area contributed by atoms with Crippen LogP contribution in [0.2, 0.25) is 0 Å². The first-order valence-corrected chi connectivity index (χ1v) is 6.88. The lowest BCUT2D eigenvalue weighted by molar-refractivity contribution is -0.128. The highest BCUT2D eigenvalue weighted by Crippen LogP contribution is 2.14. The molecule has 0 aromatic carbocycles. The maximum absolute atomic E-state index is 12.1. The summed E-state index contributed by atoms with van der Waals surface area (Å²) in [5.41, 5.74) is 0.902. The lowest BCUT2D eigenvalue weighted by atomic mass is 10.1. The third-order valence-electron chi connectivity index (χ3n) is 3.45. The van der Waals surface area contributed by atoms with Crippen LogP contribution in [-0.2, 0) is 16.6 Å². The van der Waals surface area contributed by atoms with Gasteiger partial charge in [0.25, 0.3) is 0 Å². The Morgan fingerprint density at radius 2 is 2.30 bits per heavy atom. The summed E-state index contributed by atoms with van der Waals surface area (Å²) in [5.74, 6) is 0.0202. The molecule has 2 heterocycles. The number of aryl methyl sites for hydroxylation is 1. The van der Waals surface area contributed by atoms with Gasteiger partial charge in [-0.25, -0.2) is 0 Å². The molecule has 20 heavy (non-hydrogen) atoms. The number of likely N-dealkylation sites (tertiary alicyclic amines) is 1. The number of hydrogen-bond acceptors (Lipinski definition) is 4. The molecule has 1 amide bonds. The molecule has 1 aromatic rings. The van der Waals surface area contributed by atoms with Crippen LogP contribution in [0.15, 0.2) is 18.3 Å². The largest absolute Gasteiger partial charge is 0.394 e. The minimum Gasteiger partial charge on any atom is -0.394 e. The predicted octanol–water partition coefficient (Wildman–Crippen LogP) is 0.433. The smallest absolute Gasteiger partial charge is 0.246 e. The summed E-state index contributed by atoms with van der Waals surface area (Å²) in [6.45, 7) is 1.82. The van der Waals surface area contributed by atoms with Gasteiger partial charge in [-0.05, 0) is 25.0 Å². The highest BCUT2D eigenvalue weighted by molar-refractivity contribution is 5.91. The summed E-state index contributed by atoms with van der Waals surface area (Å²) in [6, 6.07) is 1.86. The van der Waals surface area contributed by atoms with Crippen molar-refractivity contribution in [2.24, 2.45) is 7.05 Å². The number of ether oxygens (including phenoxy) is 1. The second-order valence-corrected chi connectivity index (χ2v) is 4.83. The molecule has 1 N–H and O–H groups in total. The number of amides is 1. The van der Waals surface area contributed by atoms with Crippen LogP contribution in [0.1, 0.15) is 18.5 Å². The van der Waals surface area contributed by atoms with Gasteiger partial charge in [-0.15, -0.1) is 0 Å². The normalized spacial score (nSPS) is 17.0. The zero-order valence-electron chi connectivity index (χ0n) is 11.7. The molecule has 6 heteroatoms. The van der Waals surface area contributed by atoms with E-state index in [1.54, 1.807) is 23.0 Å². The molecular weight excluding hydrogens is 258 g/mol. The van der Waals surface area contributed by atoms with Crippen molar-refractivity contribution in [3.05, 3.63) is 24.0 Å². The van der Waals surface area contributed by atoms with E-state index < -0.39 is 0 Å². The number of carbonyl (C=O) groups is 1. The number of carbonyl (C=O) groups excluding carboxylic acids is 1. The molecule has 110 valence electrons. The Morgan fingerprint density at radius 1 is 1.55 bits per heavy atom. The zero-order valence-corrected chi connectivity index (χ0v) is 11.7. The molecule has 0 radical (unpaired) electrons. The van der Waals surface area contributed by atoms with Crippen molar-refractivity contribution in [3.63, 3.8) is 0 Å². The maximum atomic E-state index is 12.1. The lowest BCUT2D eigenvalue weighted by Crippen LogP contribution is -2.40. The van der Waals surface area contributed by atoms with E-state index in [1.807, 2.05) is 18.0 Å². The van der Waals surface area contributed by atoms with Crippen molar-refractivity contribution in [1.82, 2.24) is 14.7 Å². The van der Waals surface area contributed by atoms with Crippen LogP contribution in [-0.4, -0.2) is 58.1 Å². The number of rotatable bonds is 5. The van der Waals surface area contributed by atoms with E-state index in [-0.39, 0.29) is 18.6 Å². The van der Waals surface area contributed by atoms with Crippen molar-refractivity contribution >= 4 is 12.0 Å². The molecule has 1 fully saturated rings. The number of hydrogen-bond donors (Lipinski definition) is 1. The highest BCUT2D eigenvalue weighted by atomic mass is 16.5. The molecule has 0 aliphatic carbocycles. The van der Waals surface area contributed by atoms with Crippen molar-refractivity contribution in [3.8, 4) is 0 Å². The van der Waals surface area contributed by atoms with Crippen molar-refractivity contribution in [2.45, 2.75) is 18.9 Å². The summed E-state index contributed by atoms with van der Waals surface area (Å²) in [6.07, 6.45) is 6.88. The second-order valence-electron chi connectivity index (χ2n) is 4.83. The average Bonchev–Trinajstić information content (AvgIpc) is 2.88. The molecule has 0 bridgehead atoms. The first-order valence-electron chi connectivity index (χ1n) is 6.88. The highest BCUT2D eigenvalue weighted by Gasteiger charge is 2.21. The Labute approximate surface area is 118 Å². The van der Waals surface area contributed by atoms with E-state index in [4.69, 9.17) is 9.84 Å². The standard InChI is InChI=1S/C14H21N3O3/c1-16-12(4-7-15-16)2-3-14(19)17-8-5-13(6-9-17)20-11-10-18/h2-4,7,13,18H,5-6,8-11H2,1H3/b3-2+. The molecule has 1 aliphatic rings. The molecule has 0 saturated carbocycles. The number of aliphatic hydroxyl groups is 1. The molecular formula is C14H21N3O3. The summed E-state index contributed by atoms with van der Waals surface area (Å²) in [4.78, 5) is 13.9. The molecule has 2 rings (SSSR count). The fourth-order valence-corrected chi connectivity index (χ4v) is 2.27. The monoisotopic (exact) mass is 279 g/mol.